The molecule has 0 aromatic heterocycles. The van der Waals surface area contributed by atoms with Gasteiger partial charge in [0.05, 0.1) is 35.5 Å². The summed E-state index contributed by atoms with van der Waals surface area (Å²) in [6.45, 7) is 0.266. The number of aliphatic hydroxyl groups excluding tert-OH is 2. The maximum atomic E-state index is 14.0. The lowest BCUT2D eigenvalue weighted by molar-refractivity contribution is -0.136. The average Bonchev–Trinajstić information content (AvgIpc) is 4.07. The molecule has 3 aliphatic rings. The van der Waals surface area contributed by atoms with Crippen LogP contribution in [0.4, 0.5) is 37.7 Å². The van der Waals surface area contributed by atoms with Crippen molar-refractivity contribution in [1.82, 2.24) is 8.61 Å². The molecule has 4 aromatic carbocycles. The van der Waals surface area contributed by atoms with Gasteiger partial charge in [-0.25, -0.2) is 43.2 Å². The monoisotopic (exact) mass is 994 g/mol. The minimum Gasteiger partial charge on any atom is -0.489 e. The van der Waals surface area contributed by atoms with Crippen LogP contribution >= 0.6 is 23.2 Å². The van der Waals surface area contributed by atoms with Gasteiger partial charge in [-0.05, 0) is 98.5 Å². The van der Waals surface area contributed by atoms with Gasteiger partial charge in [0.15, 0.2) is 0 Å². The quantitative estimate of drug-likeness (QED) is 0.0827. The van der Waals surface area contributed by atoms with E-state index >= 15 is 0 Å². The standard InChI is InChI=1S/C21H20ClF3N2O5S.C20H18ClF3N2O5S/c22-15-10-13(2-5-16(15)23)26-20(29)12-1-6-17(32-14-3-4-14)18(9-12)33(30,31)27-8-7-19(28)21(24,25)11-27;1-2-31-16-6-3-12(19(28)25-13-4-5-15(22)14(21)10-13)9-17(16)32(29,30)26-8-7-18(27)20(23,24)11-26/h1-2,5-6,9-10,14,19,28H,3-4,7-8,11H2,(H,26,29);2-6,9-10,18,27H,1,7-8,11H2,(H,25,28). The van der Waals surface area contributed by atoms with Gasteiger partial charge in [0.2, 0.25) is 20.0 Å². The van der Waals surface area contributed by atoms with Crippen LogP contribution in [0.3, 0.4) is 0 Å². The minimum atomic E-state index is -4.53. The molecule has 2 saturated heterocycles. The van der Waals surface area contributed by atoms with Crippen LogP contribution in [0.15, 0.2) is 95.4 Å². The first-order chi connectivity index (χ1) is 30.4. The molecule has 14 nitrogen and oxygen atoms in total. The number of aliphatic hydroxyl groups is 2. The Hall–Kier alpha value is -4.94. The summed E-state index contributed by atoms with van der Waals surface area (Å²) in [5, 5.41) is 23.4. The predicted octanol–water partition coefficient (Wildman–Crippen LogP) is 7.31. The summed E-state index contributed by atoms with van der Waals surface area (Å²) < 4.78 is 147. The van der Waals surface area contributed by atoms with E-state index in [0.717, 1.165) is 43.4 Å². The van der Waals surface area contributed by atoms with Crippen LogP contribution in [0.25, 0.3) is 0 Å². The number of sulfonamides is 2. The number of halogens is 8. The maximum Gasteiger partial charge on any atom is 0.286 e. The fraction of sp³-hybridized carbons (Fsp3) is 0.317. The average molecular weight is 996 g/mol. The summed E-state index contributed by atoms with van der Waals surface area (Å²) in [6, 6.07) is 14.1. The number of hydrogen-bond acceptors (Lipinski definition) is 10. The second kappa shape index (κ2) is 19.5. The van der Waals surface area contributed by atoms with Gasteiger partial charge in [-0.2, -0.15) is 8.61 Å². The van der Waals surface area contributed by atoms with Crippen LogP contribution < -0.4 is 20.1 Å². The number of nitrogens with zero attached hydrogens (tertiary/aromatic N) is 2. The van der Waals surface area contributed by atoms with E-state index in [4.69, 9.17) is 32.7 Å². The summed E-state index contributed by atoms with van der Waals surface area (Å²) in [4.78, 5) is 24.4. The summed E-state index contributed by atoms with van der Waals surface area (Å²) >= 11 is 11.4. The molecule has 1 aliphatic carbocycles. The van der Waals surface area contributed by atoms with Crippen LogP contribution in [0, 0.1) is 11.6 Å². The summed E-state index contributed by atoms with van der Waals surface area (Å²) in [5.74, 6) is -10.4. The van der Waals surface area contributed by atoms with Crippen LogP contribution in [0.5, 0.6) is 11.5 Å². The molecule has 0 radical (unpaired) electrons. The summed E-state index contributed by atoms with van der Waals surface area (Å²) in [5.41, 5.74) is 0.117. The van der Waals surface area contributed by atoms with Crippen molar-refractivity contribution in [2.45, 2.75) is 65.6 Å². The first kappa shape index (κ1) is 49.5. The molecule has 2 heterocycles. The van der Waals surface area contributed by atoms with Crippen molar-refractivity contribution in [3.05, 3.63) is 118 Å². The zero-order valence-corrected chi connectivity index (χ0v) is 36.6. The lowest BCUT2D eigenvalue weighted by Gasteiger charge is -2.35. The van der Waals surface area contributed by atoms with Crippen LogP contribution in [0.1, 0.15) is 46.4 Å². The number of carbonyl (C=O) groups excluding carboxylic acids is 2. The lowest BCUT2D eigenvalue weighted by Crippen LogP contribution is -2.53. The summed E-state index contributed by atoms with van der Waals surface area (Å²) in [6.07, 6.45) is -2.59. The van der Waals surface area contributed by atoms with Crippen molar-refractivity contribution in [2.24, 2.45) is 0 Å². The molecular formula is C41H38Cl2F6N4O10S2. The van der Waals surface area contributed by atoms with Gasteiger partial charge in [0.25, 0.3) is 23.7 Å². The van der Waals surface area contributed by atoms with Gasteiger partial charge >= 0.3 is 0 Å². The Morgan fingerprint density at radius 1 is 0.677 bits per heavy atom. The van der Waals surface area contributed by atoms with Gasteiger partial charge in [0, 0.05) is 35.6 Å². The number of benzene rings is 4. The molecule has 0 spiro atoms. The fourth-order valence-electron chi connectivity index (χ4n) is 6.39. The molecule has 3 fully saturated rings. The molecular weight excluding hydrogens is 957 g/mol. The number of amides is 2. The Balaban J connectivity index is 0.000000216. The molecule has 0 bridgehead atoms. The molecule has 65 heavy (non-hydrogen) atoms. The third-order valence-electron chi connectivity index (χ3n) is 10.1. The van der Waals surface area contributed by atoms with E-state index in [0.29, 0.717) is 8.61 Å². The van der Waals surface area contributed by atoms with E-state index < -0.39 is 103 Å². The van der Waals surface area contributed by atoms with E-state index in [9.17, 15) is 63.0 Å². The molecule has 2 atom stereocenters. The highest BCUT2D eigenvalue weighted by molar-refractivity contribution is 7.89. The molecule has 2 amide bonds. The molecule has 350 valence electrons. The lowest BCUT2D eigenvalue weighted by atomic mass is 10.1. The van der Waals surface area contributed by atoms with E-state index in [1.54, 1.807) is 0 Å². The van der Waals surface area contributed by atoms with Gasteiger partial charge in [-0.3, -0.25) is 9.59 Å². The third kappa shape index (κ3) is 11.5. The van der Waals surface area contributed by atoms with Crippen molar-refractivity contribution in [2.75, 3.05) is 36.8 Å². The zero-order chi connectivity index (χ0) is 47.6. The zero-order valence-electron chi connectivity index (χ0n) is 33.5. The molecule has 24 heteroatoms. The Kier molecular flexibility index (Phi) is 14.8. The van der Waals surface area contributed by atoms with E-state index in [1.165, 1.54) is 48.5 Å². The molecule has 4 N–H and O–H groups in total. The number of alkyl halides is 4. The van der Waals surface area contributed by atoms with E-state index in [2.05, 4.69) is 17.2 Å². The molecule has 7 rings (SSSR count). The number of ether oxygens (including phenoxy) is 2. The Morgan fingerprint density at radius 3 is 1.48 bits per heavy atom. The molecule has 2 aliphatic heterocycles. The Bertz CT molecular complexity index is 2720. The molecule has 4 aromatic rings. The largest absolute Gasteiger partial charge is 0.489 e. The number of hydrogen-bond donors (Lipinski definition) is 4. The highest BCUT2D eigenvalue weighted by Gasteiger charge is 2.49. The van der Waals surface area contributed by atoms with Gasteiger partial charge in [-0.1, -0.05) is 29.8 Å². The van der Waals surface area contributed by atoms with Crippen molar-refractivity contribution >= 4 is 66.4 Å². The van der Waals surface area contributed by atoms with Gasteiger partial charge < -0.3 is 30.3 Å². The third-order valence-corrected chi connectivity index (χ3v) is 14.4. The van der Waals surface area contributed by atoms with Crippen molar-refractivity contribution in [3.63, 3.8) is 0 Å². The van der Waals surface area contributed by atoms with E-state index in [-0.39, 0.29) is 63.2 Å². The molecule has 1 saturated carbocycles. The number of carbonyl (C=O) groups is 2. The maximum absolute atomic E-state index is 14.0. The second-order valence-corrected chi connectivity index (χ2v) is 19.5. The van der Waals surface area contributed by atoms with Crippen molar-refractivity contribution < 1.29 is 72.5 Å². The van der Waals surface area contributed by atoms with Crippen LogP contribution in [-0.2, 0) is 20.0 Å². The van der Waals surface area contributed by atoms with Gasteiger partial charge in [0.1, 0.15) is 45.1 Å². The first-order valence-electron chi connectivity index (χ1n) is 19.3. The highest BCUT2D eigenvalue weighted by atomic mass is 35.5. The fourth-order valence-corrected chi connectivity index (χ4v) is 9.97. The van der Waals surface area contributed by atoms with Crippen LogP contribution in [0.2, 0.25) is 10.0 Å². The van der Waals surface area contributed by atoms with Crippen LogP contribution in [-0.4, -0.2) is 104 Å². The number of piperidine rings is 2. The summed E-state index contributed by atoms with van der Waals surface area (Å²) in [7, 11) is -9.01. The number of nitrogens with one attached hydrogen (secondary N) is 2. The van der Waals surface area contributed by atoms with Crippen molar-refractivity contribution in [3.8, 4) is 11.5 Å². The minimum absolute atomic E-state index is 0.0479. The van der Waals surface area contributed by atoms with Crippen molar-refractivity contribution in [1.29, 1.82) is 0 Å². The Morgan fingerprint density at radius 2 is 1.09 bits per heavy atom. The Labute approximate surface area is 378 Å². The number of rotatable bonds is 12. The van der Waals surface area contributed by atoms with E-state index in [1.807, 2.05) is 0 Å². The smallest absolute Gasteiger partial charge is 0.286 e. The highest BCUT2D eigenvalue weighted by Crippen LogP contribution is 2.38. The topological polar surface area (TPSA) is 192 Å². The second-order valence-electron chi connectivity index (χ2n) is 14.9. The number of anilines is 2. The molecule has 2 unspecified atom stereocenters. The predicted molar refractivity (Wildman–Crippen MR) is 225 cm³/mol. The SMILES string of the molecule is C=COc1ccc(C(=O)Nc2ccc(F)c(Cl)c2)cc1S(=O)(=O)N1CCC(O)C(F)(F)C1.O=C(Nc1ccc(F)c(Cl)c1)c1ccc(OC2CC2)c(S(=O)(=O)N2CCC(O)C(F)(F)C2)c1. The first-order valence-corrected chi connectivity index (χ1v) is 22.9. The normalized spacial score (nSPS) is 19.8. The van der Waals surface area contributed by atoms with Gasteiger partial charge in [-0.15, -0.1) is 0 Å².